The highest BCUT2D eigenvalue weighted by atomic mass is 32.2. The first-order chi connectivity index (χ1) is 7.93. The molecule has 2 aromatic rings. The lowest BCUT2D eigenvalue weighted by molar-refractivity contribution is 0.265. The third-order valence-electron chi connectivity index (χ3n) is 2.54. The fraction of sp³-hybridized carbons (Fsp3) is 0.417. The van der Waals surface area contributed by atoms with Gasteiger partial charge in [-0.1, -0.05) is 0 Å². The van der Waals surface area contributed by atoms with Crippen LogP contribution in [0.2, 0.25) is 0 Å². The standard InChI is InChI=1S/C12H15NO3S/c1-12(2,7-14)17-8-4-5-10-9(6-8)13(3)11(15)16-10/h4-6,14H,7H2,1-3H3. The minimum absolute atomic E-state index is 0.0972. The highest BCUT2D eigenvalue weighted by molar-refractivity contribution is 8.00. The summed E-state index contributed by atoms with van der Waals surface area (Å²) in [6.45, 7) is 4.03. The van der Waals surface area contributed by atoms with E-state index >= 15 is 0 Å². The van der Waals surface area contributed by atoms with Crippen molar-refractivity contribution >= 4 is 22.9 Å². The van der Waals surface area contributed by atoms with Crippen molar-refractivity contribution in [1.29, 1.82) is 0 Å². The van der Waals surface area contributed by atoms with Gasteiger partial charge < -0.3 is 9.52 Å². The zero-order chi connectivity index (χ0) is 12.6. The predicted molar refractivity (Wildman–Crippen MR) is 68.5 cm³/mol. The summed E-state index contributed by atoms with van der Waals surface area (Å²) in [5.41, 5.74) is 1.36. The van der Waals surface area contributed by atoms with Crippen molar-refractivity contribution in [3.8, 4) is 0 Å². The molecule has 4 nitrogen and oxygen atoms in total. The smallest absolute Gasteiger partial charge is 0.408 e. The van der Waals surface area contributed by atoms with Gasteiger partial charge in [0, 0.05) is 16.7 Å². The van der Waals surface area contributed by atoms with Gasteiger partial charge in [-0.2, -0.15) is 0 Å². The molecular weight excluding hydrogens is 238 g/mol. The average molecular weight is 253 g/mol. The number of thioether (sulfide) groups is 1. The first-order valence-corrected chi connectivity index (χ1v) is 6.14. The average Bonchev–Trinajstić information content (AvgIpc) is 2.55. The number of aryl methyl sites for hydroxylation is 1. The van der Waals surface area contributed by atoms with E-state index in [2.05, 4.69) is 0 Å². The van der Waals surface area contributed by atoms with Crippen LogP contribution in [0.3, 0.4) is 0 Å². The summed E-state index contributed by atoms with van der Waals surface area (Å²) < 4.78 is 6.30. The van der Waals surface area contributed by atoms with Crippen molar-refractivity contribution < 1.29 is 9.52 Å². The van der Waals surface area contributed by atoms with E-state index in [9.17, 15) is 9.90 Å². The van der Waals surface area contributed by atoms with E-state index in [0.717, 1.165) is 10.4 Å². The Bertz CT molecular complexity index is 597. The van der Waals surface area contributed by atoms with E-state index in [4.69, 9.17) is 4.42 Å². The van der Waals surface area contributed by atoms with E-state index in [-0.39, 0.29) is 17.1 Å². The molecule has 0 unspecified atom stereocenters. The summed E-state index contributed by atoms with van der Waals surface area (Å²) in [6.07, 6.45) is 0. The Labute approximate surface area is 103 Å². The van der Waals surface area contributed by atoms with Gasteiger partial charge in [0.2, 0.25) is 0 Å². The first-order valence-electron chi connectivity index (χ1n) is 5.32. The van der Waals surface area contributed by atoms with Crippen LogP contribution in [-0.2, 0) is 7.05 Å². The molecule has 5 heteroatoms. The molecular formula is C12H15NO3S. The second-order valence-corrected chi connectivity index (χ2v) is 6.36. The zero-order valence-electron chi connectivity index (χ0n) is 10.1. The van der Waals surface area contributed by atoms with E-state index in [1.807, 2.05) is 26.0 Å². The molecule has 0 fully saturated rings. The molecule has 0 amide bonds. The molecule has 17 heavy (non-hydrogen) atoms. The number of hydrogen-bond acceptors (Lipinski definition) is 4. The van der Waals surface area contributed by atoms with Crippen LogP contribution in [-0.4, -0.2) is 21.0 Å². The van der Waals surface area contributed by atoms with Crippen molar-refractivity contribution in [2.24, 2.45) is 7.05 Å². The molecule has 0 saturated carbocycles. The van der Waals surface area contributed by atoms with Crippen LogP contribution in [0.1, 0.15) is 13.8 Å². The molecule has 1 heterocycles. The van der Waals surface area contributed by atoms with Crippen LogP contribution in [0.4, 0.5) is 0 Å². The van der Waals surface area contributed by atoms with Gasteiger partial charge in [-0.25, -0.2) is 4.79 Å². The van der Waals surface area contributed by atoms with E-state index in [1.165, 1.54) is 4.57 Å². The molecule has 1 aromatic heterocycles. The van der Waals surface area contributed by atoms with Crippen LogP contribution in [0.25, 0.3) is 11.1 Å². The lowest BCUT2D eigenvalue weighted by atomic mass is 10.2. The number of fused-ring (bicyclic) bond motifs is 1. The minimum atomic E-state index is -0.358. The molecule has 0 atom stereocenters. The third-order valence-corrected chi connectivity index (χ3v) is 3.71. The Kier molecular flexibility index (Phi) is 3.05. The topological polar surface area (TPSA) is 55.4 Å². The van der Waals surface area contributed by atoms with Crippen LogP contribution >= 0.6 is 11.8 Å². The Morgan fingerprint density at radius 2 is 2.18 bits per heavy atom. The van der Waals surface area contributed by atoms with Crippen molar-refractivity contribution in [3.05, 3.63) is 28.7 Å². The molecule has 0 spiro atoms. The number of oxazole rings is 1. The van der Waals surface area contributed by atoms with E-state index in [0.29, 0.717) is 5.58 Å². The van der Waals surface area contributed by atoms with Crippen LogP contribution < -0.4 is 5.76 Å². The lowest BCUT2D eigenvalue weighted by Crippen LogP contribution is -2.19. The summed E-state index contributed by atoms with van der Waals surface area (Å²) in [5.74, 6) is -0.358. The Morgan fingerprint density at radius 1 is 1.47 bits per heavy atom. The van der Waals surface area contributed by atoms with Gasteiger partial charge in [-0.15, -0.1) is 11.8 Å². The molecule has 2 rings (SSSR count). The van der Waals surface area contributed by atoms with Crippen LogP contribution in [0.15, 0.2) is 32.3 Å². The highest BCUT2D eigenvalue weighted by Gasteiger charge is 2.18. The first kappa shape index (κ1) is 12.3. The Morgan fingerprint density at radius 3 is 2.82 bits per heavy atom. The normalized spacial score (nSPS) is 12.2. The maximum Gasteiger partial charge on any atom is 0.419 e. The van der Waals surface area contributed by atoms with Gasteiger partial charge in [0.1, 0.15) is 0 Å². The van der Waals surface area contributed by atoms with Gasteiger partial charge in [0.25, 0.3) is 0 Å². The summed E-state index contributed by atoms with van der Waals surface area (Å²) in [4.78, 5) is 12.3. The number of aliphatic hydroxyl groups is 1. The van der Waals surface area contributed by atoms with Gasteiger partial charge >= 0.3 is 5.76 Å². The largest absolute Gasteiger partial charge is 0.419 e. The second-order valence-electron chi connectivity index (χ2n) is 4.58. The number of nitrogens with zero attached hydrogens (tertiary/aromatic N) is 1. The predicted octanol–water partition coefficient (Wildman–Crippen LogP) is 1.99. The van der Waals surface area contributed by atoms with Crippen LogP contribution in [0.5, 0.6) is 0 Å². The molecule has 0 saturated heterocycles. The highest BCUT2D eigenvalue weighted by Crippen LogP contribution is 2.33. The van der Waals surface area contributed by atoms with Gasteiger partial charge in [-0.05, 0) is 32.0 Å². The number of benzene rings is 1. The second kappa shape index (κ2) is 4.23. The fourth-order valence-corrected chi connectivity index (χ4v) is 2.53. The molecule has 0 aliphatic carbocycles. The quantitative estimate of drug-likeness (QED) is 0.850. The van der Waals surface area contributed by atoms with E-state index in [1.54, 1.807) is 24.9 Å². The number of hydrogen-bond donors (Lipinski definition) is 1. The summed E-state index contributed by atoms with van der Waals surface area (Å²) in [6, 6.07) is 5.59. The van der Waals surface area contributed by atoms with Crippen molar-refractivity contribution in [1.82, 2.24) is 4.57 Å². The number of aromatic nitrogens is 1. The van der Waals surface area contributed by atoms with Gasteiger partial charge in [0.05, 0.1) is 12.1 Å². The molecule has 0 aliphatic rings. The zero-order valence-corrected chi connectivity index (χ0v) is 10.9. The maximum atomic E-state index is 11.3. The molecule has 0 radical (unpaired) electrons. The van der Waals surface area contributed by atoms with Crippen molar-refractivity contribution in [2.45, 2.75) is 23.5 Å². The molecule has 1 aromatic carbocycles. The Hall–Kier alpha value is -1.20. The summed E-state index contributed by atoms with van der Waals surface area (Å²) in [7, 11) is 1.68. The fourth-order valence-electron chi connectivity index (χ4n) is 1.52. The maximum absolute atomic E-state index is 11.3. The van der Waals surface area contributed by atoms with Crippen molar-refractivity contribution in [2.75, 3.05) is 6.61 Å². The third kappa shape index (κ3) is 2.40. The molecule has 1 N–H and O–H groups in total. The Balaban J connectivity index is 2.44. The molecule has 0 bridgehead atoms. The molecule has 92 valence electrons. The number of aliphatic hydroxyl groups excluding tert-OH is 1. The van der Waals surface area contributed by atoms with Gasteiger partial charge in [0.15, 0.2) is 5.58 Å². The number of rotatable bonds is 3. The van der Waals surface area contributed by atoms with E-state index < -0.39 is 0 Å². The summed E-state index contributed by atoms with van der Waals surface area (Å²) >= 11 is 1.57. The lowest BCUT2D eigenvalue weighted by Gasteiger charge is -2.20. The van der Waals surface area contributed by atoms with Crippen molar-refractivity contribution in [3.63, 3.8) is 0 Å². The minimum Gasteiger partial charge on any atom is -0.408 e. The molecule has 0 aliphatic heterocycles. The monoisotopic (exact) mass is 253 g/mol. The SMILES string of the molecule is Cn1c(=O)oc2ccc(SC(C)(C)CO)cc21. The summed E-state index contributed by atoms with van der Waals surface area (Å²) in [5, 5.41) is 9.23. The van der Waals surface area contributed by atoms with Gasteiger partial charge in [-0.3, -0.25) is 4.57 Å². The van der Waals surface area contributed by atoms with Crippen LogP contribution in [0, 0.1) is 0 Å².